The lowest BCUT2D eigenvalue weighted by Gasteiger charge is -2.12. The van der Waals surface area contributed by atoms with Crippen LogP contribution in [0.1, 0.15) is 26.3 Å². The van der Waals surface area contributed by atoms with Crippen molar-refractivity contribution in [1.29, 1.82) is 0 Å². The van der Waals surface area contributed by atoms with Crippen molar-refractivity contribution >= 4 is 17.5 Å². The minimum absolute atomic E-state index is 0.262. The number of primary amides is 1. The van der Waals surface area contributed by atoms with Gasteiger partial charge < -0.3 is 15.8 Å². The standard InChI is InChI=1S/C16H16N2O3/c1-10-7-8-14(21-2)12(9-10)16(20)18-13-6-4-3-5-11(13)15(17)19/h3-9H,1-2H3,(H2,17,19)(H,18,20). The van der Waals surface area contributed by atoms with Gasteiger partial charge in [-0.3, -0.25) is 9.59 Å². The van der Waals surface area contributed by atoms with Crippen LogP contribution in [0.5, 0.6) is 5.75 Å². The summed E-state index contributed by atoms with van der Waals surface area (Å²) in [5.41, 5.74) is 7.26. The van der Waals surface area contributed by atoms with Crippen molar-refractivity contribution in [2.24, 2.45) is 5.73 Å². The Kier molecular flexibility index (Phi) is 4.23. The maximum atomic E-state index is 12.4. The molecule has 5 nitrogen and oxygen atoms in total. The summed E-state index contributed by atoms with van der Waals surface area (Å²) >= 11 is 0. The van der Waals surface area contributed by atoms with Crippen molar-refractivity contribution in [2.75, 3.05) is 12.4 Å². The van der Waals surface area contributed by atoms with E-state index in [1.165, 1.54) is 7.11 Å². The molecule has 0 aliphatic rings. The number of para-hydroxylation sites is 1. The monoisotopic (exact) mass is 284 g/mol. The minimum atomic E-state index is -0.595. The average Bonchev–Trinajstić information content (AvgIpc) is 2.47. The number of carbonyl (C=O) groups excluding carboxylic acids is 2. The zero-order valence-electron chi connectivity index (χ0n) is 11.8. The van der Waals surface area contributed by atoms with Crippen molar-refractivity contribution in [3.05, 3.63) is 59.2 Å². The van der Waals surface area contributed by atoms with Crippen LogP contribution in [0.2, 0.25) is 0 Å². The Balaban J connectivity index is 2.35. The molecule has 2 rings (SSSR count). The fraction of sp³-hybridized carbons (Fsp3) is 0.125. The number of methoxy groups -OCH3 is 1. The largest absolute Gasteiger partial charge is 0.496 e. The van der Waals surface area contributed by atoms with Crippen LogP contribution in [0.3, 0.4) is 0 Å². The lowest BCUT2D eigenvalue weighted by Crippen LogP contribution is -2.18. The smallest absolute Gasteiger partial charge is 0.259 e. The van der Waals surface area contributed by atoms with Crippen LogP contribution in [-0.4, -0.2) is 18.9 Å². The van der Waals surface area contributed by atoms with Gasteiger partial charge in [-0.2, -0.15) is 0 Å². The van der Waals surface area contributed by atoms with Crippen molar-refractivity contribution in [3.8, 4) is 5.75 Å². The molecular formula is C16H16N2O3. The van der Waals surface area contributed by atoms with E-state index in [1.54, 1.807) is 36.4 Å². The van der Waals surface area contributed by atoms with Crippen LogP contribution in [0.4, 0.5) is 5.69 Å². The van der Waals surface area contributed by atoms with Crippen LogP contribution in [0, 0.1) is 6.92 Å². The Morgan fingerprint density at radius 3 is 2.48 bits per heavy atom. The molecule has 0 bridgehead atoms. The van der Waals surface area contributed by atoms with Gasteiger partial charge in [-0.25, -0.2) is 0 Å². The molecule has 0 fully saturated rings. The van der Waals surface area contributed by atoms with E-state index in [-0.39, 0.29) is 11.5 Å². The van der Waals surface area contributed by atoms with E-state index in [9.17, 15) is 9.59 Å². The second-order valence-electron chi connectivity index (χ2n) is 4.57. The molecule has 0 aliphatic carbocycles. The third kappa shape index (κ3) is 3.20. The summed E-state index contributed by atoms with van der Waals surface area (Å²) in [4.78, 5) is 23.7. The molecule has 0 unspecified atom stereocenters. The number of amides is 2. The first-order valence-corrected chi connectivity index (χ1v) is 6.37. The second kappa shape index (κ2) is 6.09. The Morgan fingerprint density at radius 1 is 1.10 bits per heavy atom. The van der Waals surface area contributed by atoms with Gasteiger partial charge in [-0.05, 0) is 31.2 Å². The summed E-state index contributed by atoms with van der Waals surface area (Å²) in [5.74, 6) is -0.485. The van der Waals surface area contributed by atoms with Crippen LogP contribution >= 0.6 is 0 Å². The summed E-state index contributed by atoms with van der Waals surface area (Å²) in [7, 11) is 1.50. The fourth-order valence-electron chi connectivity index (χ4n) is 2.00. The van der Waals surface area contributed by atoms with Crippen LogP contribution in [-0.2, 0) is 0 Å². The van der Waals surface area contributed by atoms with Gasteiger partial charge in [0.25, 0.3) is 11.8 Å². The Morgan fingerprint density at radius 2 is 1.81 bits per heavy atom. The van der Waals surface area contributed by atoms with Gasteiger partial charge in [0.15, 0.2) is 0 Å². The molecule has 0 aliphatic heterocycles. The first-order valence-electron chi connectivity index (χ1n) is 6.37. The Hall–Kier alpha value is -2.82. The van der Waals surface area contributed by atoms with E-state index in [0.717, 1.165) is 5.56 Å². The number of benzene rings is 2. The molecule has 2 amide bonds. The van der Waals surface area contributed by atoms with E-state index in [1.807, 2.05) is 13.0 Å². The highest BCUT2D eigenvalue weighted by atomic mass is 16.5. The lowest BCUT2D eigenvalue weighted by atomic mass is 10.1. The van der Waals surface area contributed by atoms with Gasteiger partial charge in [-0.15, -0.1) is 0 Å². The number of nitrogens with two attached hydrogens (primary N) is 1. The molecule has 2 aromatic carbocycles. The summed E-state index contributed by atoms with van der Waals surface area (Å²) in [6.07, 6.45) is 0. The summed E-state index contributed by atoms with van der Waals surface area (Å²) in [6, 6.07) is 11.9. The third-order valence-corrected chi connectivity index (χ3v) is 3.04. The van der Waals surface area contributed by atoms with Gasteiger partial charge in [-0.1, -0.05) is 23.8 Å². The number of nitrogens with one attached hydrogen (secondary N) is 1. The maximum Gasteiger partial charge on any atom is 0.259 e. The zero-order chi connectivity index (χ0) is 15.4. The van der Waals surface area contributed by atoms with Crippen LogP contribution < -0.4 is 15.8 Å². The number of aryl methyl sites for hydroxylation is 1. The van der Waals surface area contributed by atoms with E-state index in [4.69, 9.17) is 10.5 Å². The molecule has 0 atom stereocenters. The van der Waals surface area contributed by atoms with E-state index in [2.05, 4.69) is 5.32 Å². The Bertz CT molecular complexity index is 696. The number of ether oxygens (including phenoxy) is 1. The fourth-order valence-corrected chi connectivity index (χ4v) is 2.00. The molecule has 108 valence electrons. The first-order chi connectivity index (χ1) is 10.0. The van der Waals surface area contributed by atoms with Gasteiger partial charge >= 0.3 is 0 Å². The number of hydrogen-bond donors (Lipinski definition) is 2. The summed E-state index contributed by atoms with van der Waals surface area (Å²) < 4.78 is 5.18. The van der Waals surface area contributed by atoms with Gasteiger partial charge in [0.2, 0.25) is 0 Å². The van der Waals surface area contributed by atoms with Crippen molar-refractivity contribution in [2.45, 2.75) is 6.92 Å². The van der Waals surface area contributed by atoms with Gasteiger partial charge in [0.05, 0.1) is 23.9 Å². The third-order valence-electron chi connectivity index (χ3n) is 3.04. The highest BCUT2D eigenvalue weighted by molar-refractivity contribution is 6.10. The quantitative estimate of drug-likeness (QED) is 0.904. The topological polar surface area (TPSA) is 81.4 Å². The van der Waals surface area contributed by atoms with E-state index < -0.39 is 5.91 Å². The molecule has 5 heteroatoms. The number of rotatable bonds is 4. The van der Waals surface area contributed by atoms with Crippen molar-refractivity contribution in [1.82, 2.24) is 0 Å². The molecular weight excluding hydrogens is 268 g/mol. The van der Waals surface area contributed by atoms with Crippen molar-refractivity contribution in [3.63, 3.8) is 0 Å². The summed E-state index contributed by atoms with van der Waals surface area (Å²) in [5, 5.41) is 2.69. The van der Waals surface area contributed by atoms with Gasteiger partial charge in [0.1, 0.15) is 5.75 Å². The molecule has 0 aromatic heterocycles. The lowest BCUT2D eigenvalue weighted by molar-refractivity contribution is 0.100. The molecule has 2 aromatic rings. The molecule has 3 N–H and O–H groups in total. The Labute approximate surface area is 122 Å². The number of hydrogen-bond acceptors (Lipinski definition) is 3. The predicted molar refractivity (Wildman–Crippen MR) is 80.6 cm³/mol. The number of carbonyl (C=O) groups is 2. The minimum Gasteiger partial charge on any atom is -0.496 e. The highest BCUT2D eigenvalue weighted by Crippen LogP contribution is 2.22. The normalized spacial score (nSPS) is 10.0. The predicted octanol–water partition coefficient (Wildman–Crippen LogP) is 2.35. The zero-order valence-corrected chi connectivity index (χ0v) is 11.8. The highest BCUT2D eigenvalue weighted by Gasteiger charge is 2.15. The van der Waals surface area contributed by atoms with E-state index in [0.29, 0.717) is 17.0 Å². The first kappa shape index (κ1) is 14.6. The molecule has 0 spiro atoms. The summed E-state index contributed by atoms with van der Waals surface area (Å²) in [6.45, 7) is 1.88. The molecule has 0 saturated carbocycles. The average molecular weight is 284 g/mol. The van der Waals surface area contributed by atoms with Gasteiger partial charge in [0, 0.05) is 0 Å². The molecule has 0 saturated heterocycles. The molecule has 21 heavy (non-hydrogen) atoms. The number of anilines is 1. The second-order valence-corrected chi connectivity index (χ2v) is 4.57. The van der Waals surface area contributed by atoms with Crippen molar-refractivity contribution < 1.29 is 14.3 Å². The molecule has 0 heterocycles. The van der Waals surface area contributed by atoms with E-state index >= 15 is 0 Å². The maximum absolute atomic E-state index is 12.4. The molecule has 0 radical (unpaired) electrons. The van der Waals surface area contributed by atoms with Crippen LogP contribution in [0.15, 0.2) is 42.5 Å². The SMILES string of the molecule is COc1ccc(C)cc1C(=O)Nc1ccccc1C(N)=O. The van der Waals surface area contributed by atoms with Crippen LogP contribution in [0.25, 0.3) is 0 Å².